The topological polar surface area (TPSA) is 256 Å². The van der Waals surface area contributed by atoms with Gasteiger partial charge in [0.2, 0.25) is 0 Å². The fourth-order valence-electron chi connectivity index (χ4n) is 14.0. The Morgan fingerprint density at radius 2 is 1.35 bits per heavy atom. The van der Waals surface area contributed by atoms with Crippen molar-refractivity contribution in [2.24, 2.45) is 46.3 Å². The van der Waals surface area contributed by atoms with Gasteiger partial charge >= 0.3 is 0 Å². The minimum Gasteiger partial charge on any atom is -0.394 e. The van der Waals surface area contributed by atoms with Gasteiger partial charge in [-0.2, -0.15) is 0 Å². The van der Waals surface area contributed by atoms with Gasteiger partial charge in [-0.25, -0.2) is 0 Å². The zero-order valence-corrected chi connectivity index (χ0v) is 36.6. The SMILES string of the molecule is CC1CC[C@@]2(OC1)O[C@H]1C[C@H]3[C@@H]4CC=C5C[C@@H](O[C@@H]6O[C@H](CO)[C@H](O[C@@H]7O[C@H](CO)[C@@H](O)[C@H](O)[C@H]7O)[C@H](O)[C@H]6O[C@@H]6O[C@@H](C)[C@H](O)[C@@H](O)[C@H]6O)CC[C@]5(C)[C@H]4CC[C@]3(C)[C@H]1[C@@H]2C. The predicted molar refractivity (Wildman–Crippen MR) is 214 cm³/mol. The second-order valence-corrected chi connectivity index (χ2v) is 21.1. The van der Waals surface area contributed by atoms with Gasteiger partial charge < -0.3 is 83.9 Å². The molecule has 0 aromatic carbocycles. The zero-order valence-electron chi connectivity index (χ0n) is 36.6. The Labute approximate surface area is 363 Å². The first-order chi connectivity index (χ1) is 29.4. The summed E-state index contributed by atoms with van der Waals surface area (Å²) in [6.45, 7) is 10.4. The van der Waals surface area contributed by atoms with Crippen molar-refractivity contribution in [3.05, 3.63) is 11.6 Å². The molecule has 1 spiro atoms. The van der Waals surface area contributed by atoms with Crippen molar-refractivity contribution in [1.29, 1.82) is 0 Å². The van der Waals surface area contributed by atoms with Crippen LogP contribution in [0.2, 0.25) is 0 Å². The Bertz CT molecular complexity index is 1610. The monoisotopic (exact) mass is 884 g/mol. The maximum absolute atomic E-state index is 12.0. The fraction of sp³-hybridized carbons (Fsp3) is 0.956. The summed E-state index contributed by atoms with van der Waals surface area (Å²) in [5.74, 6) is 2.56. The lowest BCUT2D eigenvalue weighted by atomic mass is 9.47. The Morgan fingerprint density at radius 1 is 0.677 bits per heavy atom. The van der Waals surface area contributed by atoms with Gasteiger partial charge in [0.25, 0.3) is 0 Å². The normalized spacial score (nSPS) is 57.6. The van der Waals surface area contributed by atoms with Crippen LogP contribution in [0.1, 0.15) is 92.4 Å². The third kappa shape index (κ3) is 7.49. The molecule has 0 amide bonds. The lowest BCUT2D eigenvalue weighted by molar-refractivity contribution is -0.389. The van der Waals surface area contributed by atoms with Crippen LogP contribution in [0.15, 0.2) is 11.6 Å². The molecular weight excluding hydrogens is 812 g/mol. The first kappa shape index (κ1) is 46.2. The molecule has 4 aliphatic carbocycles. The summed E-state index contributed by atoms with van der Waals surface area (Å²) in [6, 6.07) is 0. The smallest absolute Gasteiger partial charge is 0.187 e. The summed E-state index contributed by atoms with van der Waals surface area (Å²) < 4.78 is 49.9. The van der Waals surface area contributed by atoms with Crippen LogP contribution in [0.4, 0.5) is 0 Å². The van der Waals surface area contributed by atoms with E-state index < -0.39 is 111 Å². The van der Waals surface area contributed by atoms with E-state index in [1.165, 1.54) is 12.5 Å². The van der Waals surface area contributed by atoms with Crippen molar-refractivity contribution < 1.29 is 83.9 Å². The van der Waals surface area contributed by atoms with Gasteiger partial charge in [0.05, 0.1) is 38.1 Å². The molecule has 0 bridgehead atoms. The summed E-state index contributed by atoms with van der Waals surface area (Å²) in [7, 11) is 0. The maximum atomic E-state index is 12.0. The van der Waals surface area contributed by atoms with E-state index in [1.54, 1.807) is 0 Å². The molecule has 9 aliphatic rings. The molecule has 8 fully saturated rings. The van der Waals surface area contributed by atoms with Gasteiger partial charge in [0.15, 0.2) is 24.7 Å². The lowest BCUT2D eigenvalue weighted by Crippen LogP contribution is -2.67. The molecule has 62 heavy (non-hydrogen) atoms. The number of aliphatic hydroxyl groups excluding tert-OH is 9. The van der Waals surface area contributed by atoms with Crippen LogP contribution in [0.3, 0.4) is 0 Å². The van der Waals surface area contributed by atoms with Crippen molar-refractivity contribution in [2.75, 3.05) is 19.8 Å². The summed E-state index contributed by atoms with van der Waals surface area (Å²) in [5.41, 5.74) is 1.48. The average molecular weight is 885 g/mol. The van der Waals surface area contributed by atoms with E-state index in [4.69, 9.17) is 37.9 Å². The van der Waals surface area contributed by atoms with E-state index in [0.29, 0.717) is 48.3 Å². The molecule has 17 nitrogen and oxygen atoms in total. The van der Waals surface area contributed by atoms with Gasteiger partial charge in [-0.15, -0.1) is 0 Å². The minimum atomic E-state index is -1.82. The predicted octanol–water partition coefficient (Wildman–Crippen LogP) is 0.214. The van der Waals surface area contributed by atoms with E-state index in [-0.39, 0.29) is 23.0 Å². The number of hydrogen-bond donors (Lipinski definition) is 9. The number of rotatable bonds is 8. The molecule has 354 valence electrons. The largest absolute Gasteiger partial charge is 0.394 e. The van der Waals surface area contributed by atoms with Gasteiger partial charge in [-0.3, -0.25) is 0 Å². The van der Waals surface area contributed by atoms with Gasteiger partial charge in [-0.1, -0.05) is 39.3 Å². The summed E-state index contributed by atoms with van der Waals surface area (Å²) in [4.78, 5) is 0. The highest BCUT2D eigenvalue weighted by Gasteiger charge is 2.69. The van der Waals surface area contributed by atoms with Crippen LogP contribution < -0.4 is 0 Å². The lowest BCUT2D eigenvalue weighted by Gasteiger charge is -2.58. The Hall–Kier alpha value is -0.940. The second kappa shape index (κ2) is 17.3. The van der Waals surface area contributed by atoms with Crippen LogP contribution in [0.25, 0.3) is 0 Å². The summed E-state index contributed by atoms with van der Waals surface area (Å²) in [6.07, 6.45) is -12.0. The molecular formula is C45H72O17. The molecule has 1 unspecified atom stereocenters. The maximum Gasteiger partial charge on any atom is 0.187 e. The third-order valence-corrected chi connectivity index (χ3v) is 17.7. The molecule has 5 heterocycles. The van der Waals surface area contributed by atoms with E-state index >= 15 is 0 Å². The Morgan fingerprint density at radius 3 is 2.05 bits per heavy atom. The first-order valence-electron chi connectivity index (χ1n) is 23.4. The molecule has 0 aromatic rings. The molecule has 9 rings (SSSR count). The third-order valence-electron chi connectivity index (χ3n) is 17.7. The molecule has 17 heteroatoms. The van der Waals surface area contributed by atoms with Crippen LogP contribution in [-0.4, -0.2) is 176 Å². The van der Waals surface area contributed by atoms with Crippen molar-refractivity contribution in [1.82, 2.24) is 0 Å². The molecule has 26 atom stereocenters. The fourth-order valence-corrected chi connectivity index (χ4v) is 14.0. The Kier molecular flexibility index (Phi) is 12.9. The molecule has 0 aromatic heterocycles. The molecule has 5 aliphatic heterocycles. The van der Waals surface area contributed by atoms with Crippen molar-refractivity contribution in [3.8, 4) is 0 Å². The highest BCUT2D eigenvalue weighted by Crippen LogP contribution is 2.70. The number of fused-ring (bicyclic) bond motifs is 7. The first-order valence-corrected chi connectivity index (χ1v) is 23.4. The van der Waals surface area contributed by atoms with Crippen molar-refractivity contribution >= 4 is 0 Å². The standard InChI is InChI=1S/C45H72O17/c1-19-8-13-45(55-18-19)20(2)30-27(62-45)15-26-24-7-6-22-14-23(9-11-43(22,4)25(24)10-12-44(26,30)5)57-42-39(61-40-35(52)33(50)31(48)21(3)56-40)37(54)38(29(17-47)59-42)60-41-36(53)34(51)32(49)28(16-46)58-41/h6,19-21,23-42,46-54H,7-18H2,1-5H3/t19?,20-,21-,23-,24+,25-,26-,27-,28+,29+,30-,31-,32+,33+,34-,35+,36+,37-,38-,39+,40-,41-,42+,43-,44-,45+/m0/s1. The number of ether oxygens (including phenoxy) is 8. The van der Waals surface area contributed by atoms with Crippen LogP contribution in [-0.2, 0) is 37.9 Å². The molecule has 0 radical (unpaired) electrons. The van der Waals surface area contributed by atoms with Gasteiger partial charge in [-0.05, 0) is 98.7 Å². The Balaban J connectivity index is 0.917. The number of aliphatic hydroxyl groups is 9. The quantitative estimate of drug-likeness (QED) is 0.148. The average Bonchev–Trinajstić information content (AvgIpc) is 3.70. The van der Waals surface area contributed by atoms with Crippen LogP contribution in [0.5, 0.6) is 0 Å². The van der Waals surface area contributed by atoms with Crippen LogP contribution in [0, 0.1) is 46.3 Å². The number of allylic oxidation sites excluding steroid dienone is 1. The van der Waals surface area contributed by atoms with Crippen molar-refractivity contribution in [2.45, 2.75) is 203 Å². The van der Waals surface area contributed by atoms with Crippen molar-refractivity contribution in [3.63, 3.8) is 0 Å². The minimum absolute atomic E-state index is 0.0356. The zero-order chi connectivity index (χ0) is 44.2. The number of hydrogen-bond acceptors (Lipinski definition) is 17. The van der Waals surface area contributed by atoms with E-state index in [9.17, 15) is 46.0 Å². The van der Waals surface area contributed by atoms with E-state index in [2.05, 4.69) is 33.8 Å². The molecule has 3 saturated carbocycles. The van der Waals surface area contributed by atoms with Gasteiger partial charge in [0.1, 0.15) is 67.1 Å². The molecule has 9 N–H and O–H groups in total. The van der Waals surface area contributed by atoms with Gasteiger partial charge in [0, 0.05) is 12.3 Å². The second-order valence-electron chi connectivity index (χ2n) is 21.1. The highest BCUT2D eigenvalue weighted by atomic mass is 16.8. The summed E-state index contributed by atoms with van der Waals surface area (Å²) in [5, 5.41) is 95.7. The van der Waals surface area contributed by atoms with E-state index in [1.807, 2.05) is 0 Å². The highest BCUT2D eigenvalue weighted by molar-refractivity contribution is 5.26. The summed E-state index contributed by atoms with van der Waals surface area (Å²) >= 11 is 0. The van der Waals surface area contributed by atoms with E-state index in [0.717, 1.165) is 51.6 Å². The molecule has 5 saturated heterocycles. The van der Waals surface area contributed by atoms with Crippen LogP contribution >= 0.6 is 0 Å².